The molecule has 2 amide bonds. The van der Waals surface area contributed by atoms with Crippen molar-refractivity contribution >= 4 is 11.8 Å². The number of hydrogen-bond acceptors (Lipinski definition) is 6. The Bertz CT molecular complexity index is 1780. The number of carbonyl (C=O) groups is 2. The molecule has 3 N–H and O–H groups in total. The van der Waals surface area contributed by atoms with E-state index >= 15 is 0 Å². The van der Waals surface area contributed by atoms with Crippen molar-refractivity contribution in [2.24, 2.45) is 5.73 Å². The molecule has 15 heteroatoms. The van der Waals surface area contributed by atoms with Crippen LogP contribution in [-0.4, -0.2) is 80.3 Å². The van der Waals surface area contributed by atoms with Crippen LogP contribution in [0.5, 0.6) is 0 Å². The van der Waals surface area contributed by atoms with Gasteiger partial charge in [0.2, 0.25) is 5.91 Å². The fourth-order valence-corrected chi connectivity index (χ4v) is 8.19. The molecule has 298 valence electrons. The number of nitrogens with two attached hydrogens (primary N) is 1. The summed E-state index contributed by atoms with van der Waals surface area (Å²) in [6, 6.07) is 14.5. The highest BCUT2D eigenvalue weighted by Gasteiger charge is 2.50. The van der Waals surface area contributed by atoms with Crippen molar-refractivity contribution in [3.8, 4) is 0 Å². The monoisotopic (exact) mass is 778 g/mol. The molecule has 2 saturated heterocycles. The highest BCUT2D eigenvalue weighted by molar-refractivity contribution is 5.95. The molecule has 2 aliphatic heterocycles. The first-order valence-corrected chi connectivity index (χ1v) is 18.5. The van der Waals surface area contributed by atoms with Crippen LogP contribution in [-0.2, 0) is 44.1 Å². The van der Waals surface area contributed by atoms with Crippen LogP contribution >= 0.6 is 0 Å². The largest absolute Gasteiger partial charge is 0.416 e. The van der Waals surface area contributed by atoms with Crippen molar-refractivity contribution in [2.75, 3.05) is 52.6 Å². The fourth-order valence-electron chi connectivity index (χ4n) is 8.19. The van der Waals surface area contributed by atoms with Gasteiger partial charge in [-0.15, -0.1) is 0 Å². The van der Waals surface area contributed by atoms with Crippen molar-refractivity contribution in [3.05, 3.63) is 106 Å². The van der Waals surface area contributed by atoms with Crippen LogP contribution in [0.3, 0.4) is 0 Å². The van der Waals surface area contributed by atoms with E-state index in [0.717, 1.165) is 37.0 Å². The van der Waals surface area contributed by atoms with Gasteiger partial charge in [-0.1, -0.05) is 42.8 Å². The zero-order chi connectivity index (χ0) is 39.4. The van der Waals surface area contributed by atoms with Crippen LogP contribution < -0.4 is 11.1 Å². The Morgan fingerprint density at radius 3 is 2.24 bits per heavy atom. The molecule has 2 heterocycles. The summed E-state index contributed by atoms with van der Waals surface area (Å²) in [7, 11) is 0. The van der Waals surface area contributed by atoms with Gasteiger partial charge in [0.25, 0.3) is 5.91 Å². The number of nitrogens with one attached hydrogen (secondary N) is 1. The molecule has 8 nitrogen and oxygen atoms in total. The molecule has 2 atom stereocenters. The summed E-state index contributed by atoms with van der Waals surface area (Å²) in [5.41, 5.74) is 3.00. The third kappa shape index (κ3) is 9.16. The van der Waals surface area contributed by atoms with Crippen molar-refractivity contribution < 1.29 is 49.8 Å². The average molecular weight is 779 g/mol. The zero-order valence-corrected chi connectivity index (χ0v) is 30.3. The van der Waals surface area contributed by atoms with E-state index in [2.05, 4.69) is 22.3 Å². The summed E-state index contributed by atoms with van der Waals surface area (Å²) < 4.78 is 108. The first-order valence-electron chi connectivity index (χ1n) is 18.5. The number of piperidine rings is 1. The van der Waals surface area contributed by atoms with E-state index in [1.807, 2.05) is 12.1 Å². The van der Waals surface area contributed by atoms with E-state index in [4.69, 9.17) is 15.2 Å². The van der Waals surface area contributed by atoms with E-state index in [-0.39, 0.29) is 36.6 Å². The lowest BCUT2D eigenvalue weighted by atomic mass is 9.72. The number of alkyl halides is 6. The number of nitrogens with zero attached hydrogens (tertiary/aromatic N) is 2. The van der Waals surface area contributed by atoms with Gasteiger partial charge >= 0.3 is 12.4 Å². The Hall–Kier alpha value is -4.05. The molecule has 3 aromatic rings. The molecule has 1 aliphatic carbocycles. The second-order valence-corrected chi connectivity index (χ2v) is 14.7. The van der Waals surface area contributed by atoms with Gasteiger partial charge < -0.3 is 30.3 Å². The van der Waals surface area contributed by atoms with Crippen molar-refractivity contribution in [2.45, 2.75) is 74.4 Å². The molecule has 0 aromatic heterocycles. The highest BCUT2D eigenvalue weighted by Crippen LogP contribution is 2.48. The summed E-state index contributed by atoms with van der Waals surface area (Å²) in [5.74, 6) is -1.73. The number of benzene rings is 3. The molecule has 3 aliphatic rings. The third-order valence-corrected chi connectivity index (χ3v) is 11.2. The van der Waals surface area contributed by atoms with Crippen LogP contribution in [0.4, 0.5) is 30.7 Å². The Morgan fingerprint density at radius 1 is 0.909 bits per heavy atom. The van der Waals surface area contributed by atoms with E-state index in [1.54, 1.807) is 0 Å². The molecule has 0 bridgehead atoms. The maximum atomic E-state index is 14.0. The van der Waals surface area contributed by atoms with Gasteiger partial charge in [-0.2, -0.15) is 26.3 Å². The summed E-state index contributed by atoms with van der Waals surface area (Å²) in [4.78, 5) is 29.5. The summed E-state index contributed by atoms with van der Waals surface area (Å²) in [6.07, 6.45) is -5.29. The number of rotatable bonds is 13. The molecule has 3 aromatic carbocycles. The molecular weight excluding hydrogens is 733 g/mol. The van der Waals surface area contributed by atoms with Gasteiger partial charge in [-0.25, -0.2) is 4.39 Å². The SMILES string of the molecule is NCCCCCNC(=O)CO[C@H]1Cc2ccccc2C12CCN(CC[C@@]1(c3ccc(F)cc3)CN(C(=O)c3cc(C(F)(F)F)cc(C(F)(F)F)c3)CO1)CC2. The quantitative estimate of drug-likeness (QED) is 0.147. The minimum atomic E-state index is -5.12. The Morgan fingerprint density at radius 2 is 1.58 bits per heavy atom. The van der Waals surface area contributed by atoms with Gasteiger partial charge in [-0.05, 0) is 105 Å². The third-order valence-electron chi connectivity index (χ3n) is 11.2. The van der Waals surface area contributed by atoms with Gasteiger partial charge in [0.1, 0.15) is 24.8 Å². The summed E-state index contributed by atoms with van der Waals surface area (Å²) in [5, 5.41) is 2.92. The summed E-state index contributed by atoms with van der Waals surface area (Å²) >= 11 is 0. The highest BCUT2D eigenvalue weighted by atomic mass is 19.4. The maximum absolute atomic E-state index is 14.0. The number of halogens is 7. The second-order valence-electron chi connectivity index (χ2n) is 14.7. The predicted molar refractivity (Wildman–Crippen MR) is 189 cm³/mol. The zero-order valence-electron chi connectivity index (χ0n) is 30.3. The van der Waals surface area contributed by atoms with E-state index in [0.29, 0.717) is 63.3 Å². The smallest absolute Gasteiger partial charge is 0.367 e. The van der Waals surface area contributed by atoms with Gasteiger partial charge in [0.05, 0.1) is 23.8 Å². The van der Waals surface area contributed by atoms with Gasteiger partial charge in [0, 0.05) is 24.1 Å². The second kappa shape index (κ2) is 16.6. The van der Waals surface area contributed by atoms with Crippen molar-refractivity contribution in [1.29, 1.82) is 0 Å². The standard InChI is InChI=1S/C40H45F7N4O4/c41-32-10-8-29(9-11-32)38(25-51(26-55-38)36(53)28-20-30(39(42,43)44)23-31(21-28)40(45,46)47)14-19-50-17-12-37(13-18-50)33-7-3-2-6-27(33)22-34(37)54-24-35(52)49-16-5-1-4-15-48/h2-3,6-11,20-21,23,34H,1,4-5,12-19,22,24-26,48H2,(H,49,52)/t34-,38-/m0/s1. The lowest BCUT2D eigenvalue weighted by Gasteiger charge is -2.44. The molecule has 2 fully saturated rings. The molecule has 6 rings (SSSR count). The van der Waals surface area contributed by atoms with Crippen LogP contribution in [0.1, 0.15) is 76.7 Å². The number of likely N-dealkylation sites (tertiary alicyclic amines) is 1. The molecular formula is C40H45F7N4O4. The van der Waals surface area contributed by atoms with Crippen LogP contribution in [0, 0.1) is 5.82 Å². The minimum absolute atomic E-state index is 0.0225. The molecule has 0 saturated carbocycles. The number of carbonyl (C=O) groups excluding carboxylic acids is 2. The Kier molecular flexibility index (Phi) is 12.2. The van der Waals surface area contributed by atoms with Crippen molar-refractivity contribution in [3.63, 3.8) is 0 Å². The molecule has 0 radical (unpaired) electrons. The Labute approximate surface area is 315 Å². The Balaban J connectivity index is 1.14. The van der Waals surface area contributed by atoms with Crippen LogP contribution in [0.2, 0.25) is 0 Å². The number of ether oxygens (including phenoxy) is 2. The van der Waals surface area contributed by atoms with Crippen LogP contribution in [0.25, 0.3) is 0 Å². The molecule has 0 unspecified atom stereocenters. The van der Waals surface area contributed by atoms with Gasteiger partial charge in [-0.3, -0.25) is 9.59 Å². The normalized spacial score (nSPS) is 21.2. The number of fused-ring (bicyclic) bond motifs is 2. The first-order chi connectivity index (χ1) is 26.1. The minimum Gasteiger partial charge on any atom is -0.367 e. The topological polar surface area (TPSA) is 97.1 Å². The lowest BCUT2D eigenvalue weighted by molar-refractivity contribution is -0.143. The predicted octanol–water partition coefficient (Wildman–Crippen LogP) is 6.80. The van der Waals surface area contributed by atoms with E-state index in [9.17, 15) is 40.3 Å². The lowest BCUT2D eigenvalue weighted by Crippen LogP contribution is -2.49. The average Bonchev–Trinajstić information content (AvgIpc) is 3.73. The van der Waals surface area contributed by atoms with E-state index < -0.39 is 53.1 Å². The molecule has 1 spiro atoms. The molecule has 55 heavy (non-hydrogen) atoms. The van der Waals surface area contributed by atoms with Gasteiger partial charge in [0.15, 0.2) is 0 Å². The summed E-state index contributed by atoms with van der Waals surface area (Å²) in [6.45, 7) is 2.35. The van der Waals surface area contributed by atoms with E-state index in [1.165, 1.54) is 35.4 Å². The van der Waals surface area contributed by atoms with Crippen molar-refractivity contribution in [1.82, 2.24) is 15.1 Å². The fraction of sp³-hybridized carbons (Fsp3) is 0.500. The first kappa shape index (κ1) is 40.6. The van der Waals surface area contributed by atoms with Crippen LogP contribution in [0.15, 0.2) is 66.7 Å². The maximum Gasteiger partial charge on any atom is 0.416 e. The number of amides is 2. The number of hydrogen-bond donors (Lipinski definition) is 2. The number of unbranched alkanes of at least 4 members (excludes halogenated alkanes) is 2.